The van der Waals surface area contributed by atoms with Crippen LogP contribution >= 0.6 is 11.6 Å². The van der Waals surface area contributed by atoms with Gasteiger partial charge in [0.05, 0.1) is 0 Å². The SMILES string of the molecule is ClCCc1nnc(-c2ccccc2)o1. The molecule has 4 heteroatoms. The molecule has 0 saturated heterocycles. The van der Waals surface area contributed by atoms with Gasteiger partial charge in [-0.15, -0.1) is 21.8 Å². The molecule has 0 radical (unpaired) electrons. The van der Waals surface area contributed by atoms with Crippen molar-refractivity contribution in [2.75, 3.05) is 5.88 Å². The van der Waals surface area contributed by atoms with Crippen molar-refractivity contribution in [1.82, 2.24) is 10.2 Å². The van der Waals surface area contributed by atoms with Crippen LogP contribution < -0.4 is 0 Å². The minimum absolute atomic E-state index is 0.496. The lowest BCUT2D eigenvalue weighted by atomic mass is 10.2. The minimum Gasteiger partial charge on any atom is -0.421 e. The monoisotopic (exact) mass is 208 g/mol. The molecule has 3 nitrogen and oxygen atoms in total. The van der Waals surface area contributed by atoms with Crippen molar-refractivity contribution < 1.29 is 4.42 Å². The van der Waals surface area contributed by atoms with Crippen molar-refractivity contribution in [2.45, 2.75) is 6.42 Å². The molecule has 0 atom stereocenters. The summed E-state index contributed by atoms with van der Waals surface area (Å²) < 4.78 is 5.40. The Morgan fingerprint density at radius 2 is 1.93 bits per heavy atom. The van der Waals surface area contributed by atoms with Crippen LogP contribution in [0.1, 0.15) is 5.89 Å². The van der Waals surface area contributed by atoms with Gasteiger partial charge in [0.15, 0.2) is 0 Å². The van der Waals surface area contributed by atoms with E-state index in [1.807, 2.05) is 30.3 Å². The zero-order valence-electron chi connectivity index (χ0n) is 7.48. The Bertz CT molecular complexity index is 400. The Balaban J connectivity index is 2.25. The number of aromatic nitrogens is 2. The molecule has 0 amide bonds. The number of rotatable bonds is 3. The average molecular weight is 209 g/mol. The number of aryl methyl sites for hydroxylation is 1. The molecule has 0 bridgehead atoms. The van der Waals surface area contributed by atoms with Crippen LogP contribution in [-0.4, -0.2) is 16.1 Å². The van der Waals surface area contributed by atoms with Gasteiger partial charge in [-0.2, -0.15) is 0 Å². The van der Waals surface area contributed by atoms with E-state index in [0.717, 1.165) is 5.56 Å². The number of alkyl halides is 1. The summed E-state index contributed by atoms with van der Waals surface area (Å²) >= 11 is 5.56. The van der Waals surface area contributed by atoms with E-state index in [0.29, 0.717) is 24.1 Å². The van der Waals surface area contributed by atoms with Crippen molar-refractivity contribution in [3.05, 3.63) is 36.2 Å². The highest BCUT2D eigenvalue weighted by Crippen LogP contribution is 2.16. The standard InChI is InChI=1S/C10H9ClN2O/c11-7-6-9-12-13-10(14-9)8-4-2-1-3-5-8/h1-5H,6-7H2. The van der Waals surface area contributed by atoms with Gasteiger partial charge in [0.1, 0.15) is 0 Å². The maximum absolute atomic E-state index is 5.56. The Morgan fingerprint density at radius 1 is 1.14 bits per heavy atom. The first-order valence-electron chi connectivity index (χ1n) is 4.34. The van der Waals surface area contributed by atoms with Gasteiger partial charge < -0.3 is 4.42 Å². The molecule has 0 unspecified atom stereocenters. The quantitative estimate of drug-likeness (QED) is 0.728. The highest BCUT2D eigenvalue weighted by atomic mass is 35.5. The maximum Gasteiger partial charge on any atom is 0.247 e. The molecular formula is C10H9ClN2O. The lowest BCUT2D eigenvalue weighted by Crippen LogP contribution is -1.84. The molecule has 0 saturated carbocycles. The number of hydrogen-bond acceptors (Lipinski definition) is 3. The van der Waals surface area contributed by atoms with Gasteiger partial charge >= 0.3 is 0 Å². The summed E-state index contributed by atoms with van der Waals surface area (Å²) in [5.41, 5.74) is 0.931. The molecule has 0 N–H and O–H groups in total. The zero-order valence-corrected chi connectivity index (χ0v) is 8.24. The lowest BCUT2D eigenvalue weighted by molar-refractivity contribution is 0.513. The van der Waals surface area contributed by atoms with E-state index in [9.17, 15) is 0 Å². The summed E-state index contributed by atoms with van der Waals surface area (Å²) in [6.45, 7) is 0. The number of halogens is 1. The van der Waals surface area contributed by atoms with Crippen LogP contribution in [0.5, 0.6) is 0 Å². The van der Waals surface area contributed by atoms with Crippen molar-refractivity contribution in [3.63, 3.8) is 0 Å². The third kappa shape index (κ3) is 1.93. The largest absolute Gasteiger partial charge is 0.421 e. The number of nitrogens with zero attached hydrogens (tertiary/aromatic N) is 2. The van der Waals surface area contributed by atoms with Crippen LogP contribution in [0.2, 0.25) is 0 Å². The Hall–Kier alpha value is -1.35. The van der Waals surface area contributed by atoms with E-state index in [2.05, 4.69) is 10.2 Å². The lowest BCUT2D eigenvalue weighted by Gasteiger charge is -1.91. The van der Waals surface area contributed by atoms with Gasteiger partial charge in [-0.05, 0) is 12.1 Å². The van der Waals surface area contributed by atoms with Gasteiger partial charge in [0.2, 0.25) is 11.8 Å². The molecule has 1 aromatic carbocycles. The molecule has 72 valence electrons. The zero-order chi connectivity index (χ0) is 9.80. The van der Waals surface area contributed by atoms with Crippen molar-refractivity contribution >= 4 is 11.6 Å². The summed E-state index contributed by atoms with van der Waals surface area (Å²) in [4.78, 5) is 0. The smallest absolute Gasteiger partial charge is 0.247 e. The van der Waals surface area contributed by atoms with Crippen LogP contribution in [0.4, 0.5) is 0 Å². The van der Waals surface area contributed by atoms with Crippen LogP contribution in [0.25, 0.3) is 11.5 Å². The Labute approximate surface area is 86.7 Å². The Morgan fingerprint density at radius 3 is 2.64 bits per heavy atom. The second kappa shape index (κ2) is 4.24. The first kappa shape index (κ1) is 9.21. The predicted octanol–water partition coefficient (Wildman–Crippen LogP) is 2.52. The highest BCUT2D eigenvalue weighted by molar-refractivity contribution is 6.17. The molecular weight excluding hydrogens is 200 g/mol. The van der Waals surface area contributed by atoms with E-state index in [1.54, 1.807) is 0 Å². The maximum atomic E-state index is 5.56. The van der Waals surface area contributed by atoms with Gasteiger partial charge in [-0.3, -0.25) is 0 Å². The van der Waals surface area contributed by atoms with Gasteiger partial charge in [-0.25, -0.2) is 0 Å². The summed E-state index contributed by atoms with van der Waals surface area (Å²) in [6, 6.07) is 9.66. The van der Waals surface area contributed by atoms with E-state index in [1.165, 1.54) is 0 Å². The minimum atomic E-state index is 0.496. The predicted molar refractivity (Wildman–Crippen MR) is 54.2 cm³/mol. The van der Waals surface area contributed by atoms with Gasteiger partial charge in [0, 0.05) is 17.9 Å². The molecule has 0 aliphatic carbocycles. The molecule has 0 aliphatic rings. The fraction of sp³-hybridized carbons (Fsp3) is 0.200. The normalized spacial score (nSPS) is 10.4. The first-order valence-corrected chi connectivity index (χ1v) is 4.87. The highest BCUT2D eigenvalue weighted by Gasteiger charge is 2.06. The van der Waals surface area contributed by atoms with Gasteiger partial charge in [0.25, 0.3) is 0 Å². The van der Waals surface area contributed by atoms with Crippen molar-refractivity contribution in [3.8, 4) is 11.5 Å². The molecule has 1 aromatic heterocycles. The fourth-order valence-corrected chi connectivity index (χ4v) is 1.29. The fourth-order valence-electron chi connectivity index (χ4n) is 1.13. The van der Waals surface area contributed by atoms with Crippen molar-refractivity contribution in [2.24, 2.45) is 0 Å². The van der Waals surface area contributed by atoms with Crippen LogP contribution in [0, 0.1) is 0 Å². The first-order chi connectivity index (χ1) is 6.90. The molecule has 0 aliphatic heterocycles. The van der Waals surface area contributed by atoms with E-state index >= 15 is 0 Å². The summed E-state index contributed by atoms with van der Waals surface area (Å²) in [5, 5.41) is 7.81. The second-order valence-corrected chi connectivity index (χ2v) is 3.18. The molecule has 2 aromatic rings. The van der Waals surface area contributed by atoms with Crippen LogP contribution in [0.15, 0.2) is 34.7 Å². The van der Waals surface area contributed by atoms with Crippen molar-refractivity contribution in [1.29, 1.82) is 0 Å². The number of hydrogen-bond donors (Lipinski definition) is 0. The summed E-state index contributed by atoms with van der Waals surface area (Å²) in [5.74, 6) is 1.63. The van der Waals surface area contributed by atoms with Crippen LogP contribution in [0.3, 0.4) is 0 Å². The average Bonchev–Trinajstić information content (AvgIpc) is 2.68. The third-order valence-corrected chi connectivity index (χ3v) is 1.98. The second-order valence-electron chi connectivity index (χ2n) is 2.81. The molecule has 14 heavy (non-hydrogen) atoms. The summed E-state index contributed by atoms with van der Waals surface area (Å²) in [6.07, 6.45) is 0.612. The molecule has 1 heterocycles. The van der Waals surface area contributed by atoms with E-state index in [-0.39, 0.29) is 0 Å². The van der Waals surface area contributed by atoms with E-state index in [4.69, 9.17) is 16.0 Å². The topological polar surface area (TPSA) is 38.9 Å². The molecule has 2 rings (SSSR count). The van der Waals surface area contributed by atoms with Crippen LogP contribution in [-0.2, 0) is 6.42 Å². The number of benzene rings is 1. The Kier molecular flexibility index (Phi) is 2.79. The summed E-state index contributed by atoms with van der Waals surface area (Å²) in [7, 11) is 0. The molecule has 0 fully saturated rings. The third-order valence-electron chi connectivity index (χ3n) is 1.80. The molecule has 0 spiro atoms. The van der Waals surface area contributed by atoms with Gasteiger partial charge in [-0.1, -0.05) is 18.2 Å². The van der Waals surface area contributed by atoms with E-state index < -0.39 is 0 Å².